The largest absolute Gasteiger partial charge is 0.387 e. The topological polar surface area (TPSA) is 37.3 Å². The monoisotopic (exact) mass is 342 g/mol. The summed E-state index contributed by atoms with van der Waals surface area (Å²) in [6.07, 6.45) is 6.87. The minimum Gasteiger partial charge on any atom is -0.387 e. The van der Waals surface area contributed by atoms with Crippen molar-refractivity contribution in [3.63, 3.8) is 0 Å². The quantitative estimate of drug-likeness (QED) is 0.564. The normalized spacial score (nSPS) is 21.5. The van der Waals surface area contributed by atoms with Crippen LogP contribution in [0.1, 0.15) is 63.9 Å². The molecule has 1 saturated carbocycles. The molecule has 2 unspecified atom stereocenters. The van der Waals surface area contributed by atoms with E-state index in [1.807, 2.05) is 31.2 Å². The zero-order valence-electron chi connectivity index (χ0n) is 13.6. The number of aliphatic hydroxyl groups is 1. The average molecular weight is 343 g/mol. The number of unbranched alkanes of at least 4 members (excludes halogenated alkanes) is 2. The first kappa shape index (κ1) is 18.0. The molecule has 124 valence electrons. The first-order valence-electron chi connectivity index (χ1n) is 8.33. The van der Waals surface area contributed by atoms with Crippen molar-refractivity contribution in [1.82, 2.24) is 0 Å². The van der Waals surface area contributed by atoms with Gasteiger partial charge in [-0.15, -0.1) is 11.6 Å². The van der Waals surface area contributed by atoms with Crippen molar-refractivity contribution in [2.75, 3.05) is 0 Å². The van der Waals surface area contributed by atoms with E-state index in [1.54, 1.807) is 0 Å². The second-order valence-corrected chi connectivity index (χ2v) is 9.08. The second kappa shape index (κ2) is 7.46. The fourth-order valence-electron chi connectivity index (χ4n) is 3.28. The molecule has 1 fully saturated rings. The molecule has 1 aliphatic carbocycles. The van der Waals surface area contributed by atoms with E-state index >= 15 is 0 Å². The van der Waals surface area contributed by atoms with E-state index in [-0.39, 0.29) is 0 Å². The molecule has 0 aliphatic heterocycles. The predicted octanol–water partition coefficient (Wildman–Crippen LogP) is 4.92. The molecule has 0 bridgehead atoms. The van der Waals surface area contributed by atoms with Crippen LogP contribution in [0.4, 0.5) is 0 Å². The van der Waals surface area contributed by atoms with Crippen LogP contribution in [0.3, 0.4) is 0 Å². The smallest absolute Gasteiger partial charge is 0.152 e. The van der Waals surface area contributed by atoms with Gasteiger partial charge in [-0.05, 0) is 38.3 Å². The third-order valence-electron chi connectivity index (χ3n) is 4.76. The molecule has 1 aromatic rings. The van der Waals surface area contributed by atoms with Crippen molar-refractivity contribution >= 4 is 22.4 Å². The summed E-state index contributed by atoms with van der Waals surface area (Å²) in [6, 6.07) is 7.66. The van der Waals surface area contributed by atoms with E-state index in [0.29, 0.717) is 19.3 Å². The zero-order chi connectivity index (χ0) is 16.2. The molecule has 2 atom stereocenters. The van der Waals surface area contributed by atoms with E-state index < -0.39 is 20.6 Å². The van der Waals surface area contributed by atoms with Gasteiger partial charge in [-0.3, -0.25) is 4.21 Å². The lowest BCUT2D eigenvalue weighted by atomic mass is 9.93. The summed E-state index contributed by atoms with van der Waals surface area (Å²) in [5, 5.41) is 11.1. The molecule has 0 spiro atoms. The Kier molecular flexibility index (Phi) is 6.09. The van der Waals surface area contributed by atoms with Crippen molar-refractivity contribution in [3.8, 4) is 0 Å². The lowest BCUT2D eigenvalue weighted by molar-refractivity contribution is 0.0278. The molecule has 22 heavy (non-hydrogen) atoms. The van der Waals surface area contributed by atoms with Crippen molar-refractivity contribution in [2.24, 2.45) is 0 Å². The number of rotatable bonds is 7. The van der Waals surface area contributed by atoms with E-state index in [9.17, 15) is 9.32 Å². The summed E-state index contributed by atoms with van der Waals surface area (Å²) in [5.74, 6) is 0. The van der Waals surface area contributed by atoms with E-state index in [4.69, 9.17) is 11.6 Å². The molecule has 0 saturated heterocycles. The number of halogens is 1. The summed E-state index contributed by atoms with van der Waals surface area (Å²) in [6.45, 7) is 4.14. The fourth-order valence-corrected chi connectivity index (χ4v) is 5.51. The van der Waals surface area contributed by atoms with Crippen LogP contribution < -0.4 is 0 Å². The summed E-state index contributed by atoms with van der Waals surface area (Å²) in [5.41, 5.74) is 0.115. The van der Waals surface area contributed by atoms with Gasteiger partial charge in [0.05, 0.1) is 16.4 Å². The Morgan fingerprint density at radius 2 is 1.82 bits per heavy atom. The Bertz CT molecular complexity index is 508. The number of alkyl halides is 1. The Hall–Kier alpha value is -0.380. The van der Waals surface area contributed by atoms with Crippen LogP contribution >= 0.6 is 11.6 Å². The van der Waals surface area contributed by atoms with Gasteiger partial charge in [0, 0.05) is 4.90 Å². The average Bonchev–Trinajstić information content (AvgIpc) is 2.96. The fraction of sp³-hybridized carbons (Fsp3) is 0.667. The Morgan fingerprint density at radius 3 is 2.36 bits per heavy atom. The SMILES string of the molecule is CCCCCC(Cl)(S(=O)c1ccc(C)cc1)C1(O)CCCC1. The molecule has 0 aromatic heterocycles. The number of aryl methyl sites for hydroxylation is 1. The van der Waals surface area contributed by atoms with Crippen LogP contribution in [-0.4, -0.2) is 19.1 Å². The molecular formula is C18H27ClO2S. The Balaban J connectivity index is 2.30. The van der Waals surface area contributed by atoms with Gasteiger partial charge < -0.3 is 5.11 Å². The molecule has 1 N–H and O–H groups in total. The van der Waals surface area contributed by atoms with E-state index in [1.165, 1.54) is 0 Å². The number of hydrogen-bond acceptors (Lipinski definition) is 2. The lowest BCUT2D eigenvalue weighted by Gasteiger charge is -2.40. The molecule has 2 nitrogen and oxygen atoms in total. The highest BCUT2D eigenvalue weighted by Crippen LogP contribution is 2.48. The van der Waals surface area contributed by atoms with Gasteiger partial charge in [0.25, 0.3) is 0 Å². The van der Waals surface area contributed by atoms with Gasteiger partial charge in [0.15, 0.2) is 4.21 Å². The minimum atomic E-state index is -1.41. The first-order chi connectivity index (χ1) is 10.4. The Labute approximate surface area is 141 Å². The molecule has 0 amide bonds. The summed E-state index contributed by atoms with van der Waals surface area (Å²) in [4.78, 5) is 0.720. The van der Waals surface area contributed by atoms with Crippen molar-refractivity contribution < 1.29 is 9.32 Å². The van der Waals surface area contributed by atoms with Gasteiger partial charge in [-0.25, -0.2) is 0 Å². The van der Waals surface area contributed by atoms with E-state index in [0.717, 1.165) is 42.6 Å². The van der Waals surface area contributed by atoms with Gasteiger partial charge in [-0.2, -0.15) is 0 Å². The predicted molar refractivity (Wildman–Crippen MR) is 93.7 cm³/mol. The maximum Gasteiger partial charge on any atom is 0.152 e. The van der Waals surface area contributed by atoms with Crippen molar-refractivity contribution in [2.45, 2.75) is 79.9 Å². The van der Waals surface area contributed by atoms with Crippen LogP contribution in [-0.2, 0) is 10.8 Å². The maximum atomic E-state index is 13.2. The molecule has 2 rings (SSSR count). The van der Waals surface area contributed by atoms with Gasteiger partial charge >= 0.3 is 0 Å². The maximum absolute atomic E-state index is 13.2. The highest BCUT2D eigenvalue weighted by Gasteiger charge is 2.54. The third-order valence-corrected chi connectivity index (χ3v) is 7.59. The number of hydrogen-bond donors (Lipinski definition) is 1. The van der Waals surface area contributed by atoms with Crippen LogP contribution in [0.2, 0.25) is 0 Å². The van der Waals surface area contributed by atoms with Gasteiger partial charge in [0.2, 0.25) is 0 Å². The molecule has 0 radical (unpaired) electrons. The molecule has 1 aromatic carbocycles. The zero-order valence-corrected chi connectivity index (χ0v) is 15.2. The van der Waals surface area contributed by atoms with Crippen molar-refractivity contribution in [3.05, 3.63) is 29.8 Å². The summed E-state index contributed by atoms with van der Waals surface area (Å²) in [7, 11) is -1.41. The van der Waals surface area contributed by atoms with Crippen LogP contribution in [0.15, 0.2) is 29.2 Å². The standard InChI is InChI=1S/C18H27ClO2S/c1-3-4-5-14-18(19,17(20)12-6-7-13-17)22(21)16-10-8-15(2)9-11-16/h8-11,20H,3-7,12-14H2,1-2H3. The summed E-state index contributed by atoms with van der Waals surface area (Å²) >= 11 is 6.90. The van der Waals surface area contributed by atoms with Gasteiger partial charge in [0.1, 0.15) is 0 Å². The highest BCUT2D eigenvalue weighted by atomic mass is 35.5. The van der Waals surface area contributed by atoms with Crippen LogP contribution in [0.25, 0.3) is 0 Å². The number of benzene rings is 1. The second-order valence-electron chi connectivity index (χ2n) is 6.51. The molecule has 4 heteroatoms. The lowest BCUT2D eigenvalue weighted by Crippen LogP contribution is -2.51. The van der Waals surface area contributed by atoms with E-state index in [2.05, 4.69) is 6.92 Å². The van der Waals surface area contributed by atoms with Crippen molar-refractivity contribution in [1.29, 1.82) is 0 Å². The molecular weight excluding hydrogens is 316 g/mol. The molecule has 1 aliphatic rings. The Morgan fingerprint density at radius 1 is 1.23 bits per heavy atom. The first-order valence-corrected chi connectivity index (χ1v) is 9.85. The molecule has 0 heterocycles. The third kappa shape index (κ3) is 3.58. The highest BCUT2D eigenvalue weighted by molar-refractivity contribution is 7.88. The minimum absolute atomic E-state index is 0.597. The van der Waals surface area contributed by atoms with Crippen LogP contribution in [0, 0.1) is 6.92 Å². The van der Waals surface area contributed by atoms with Crippen LogP contribution in [0.5, 0.6) is 0 Å². The summed E-state index contributed by atoms with van der Waals surface area (Å²) < 4.78 is 12.1. The van der Waals surface area contributed by atoms with Gasteiger partial charge in [-0.1, -0.05) is 56.7 Å².